The van der Waals surface area contributed by atoms with Crippen molar-refractivity contribution < 1.29 is 8.42 Å². The van der Waals surface area contributed by atoms with Gasteiger partial charge in [-0.1, -0.05) is 50.2 Å². The van der Waals surface area contributed by atoms with Crippen LogP contribution in [0.3, 0.4) is 0 Å². The Hall–Kier alpha value is -1.43. The van der Waals surface area contributed by atoms with Crippen LogP contribution < -0.4 is 4.83 Å². The van der Waals surface area contributed by atoms with E-state index in [0.717, 1.165) is 10.8 Å². The predicted molar refractivity (Wildman–Crippen MR) is 77.2 cm³/mol. The summed E-state index contributed by atoms with van der Waals surface area (Å²) in [5.74, 6) is 0. The predicted octanol–water partition coefficient (Wildman–Crippen LogP) is 2.37. The number of rotatable bonds is 5. The molecule has 0 aliphatic heterocycles. The van der Waals surface area contributed by atoms with Crippen LogP contribution >= 0.6 is 0 Å². The van der Waals surface area contributed by atoms with E-state index in [9.17, 15) is 8.42 Å². The fourth-order valence-electron chi connectivity index (χ4n) is 2.00. The van der Waals surface area contributed by atoms with Gasteiger partial charge in [0, 0.05) is 18.5 Å². The molecule has 0 saturated heterocycles. The van der Waals surface area contributed by atoms with Gasteiger partial charge in [0.2, 0.25) is 0 Å². The molecule has 2 rings (SSSR count). The third-order valence-electron chi connectivity index (χ3n) is 3.05. The van der Waals surface area contributed by atoms with Crippen LogP contribution in [0.4, 0.5) is 0 Å². The number of benzene rings is 2. The van der Waals surface area contributed by atoms with Gasteiger partial charge in [0.25, 0.3) is 10.0 Å². The second-order valence-corrected chi connectivity index (χ2v) is 5.87. The molecule has 2 aromatic rings. The molecule has 0 fully saturated rings. The molecular weight excluding hydrogens is 260 g/mol. The van der Waals surface area contributed by atoms with Crippen LogP contribution in [0.25, 0.3) is 10.8 Å². The number of hydrogen-bond donors (Lipinski definition) is 1. The summed E-state index contributed by atoms with van der Waals surface area (Å²) in [5, 5.41) is 3.33. The summed E-state index contributed by atoms with van der Waals surface area (Å²) in [6, 6.07) is 12.8. The van der Waals surface area contributed by atoms with E-state index in [1.807, 2.05) is 44.2 Å². The minimum absolute atomic E-state index is 0.317. The van der Waals surface area contributed by atoms with Gasteiger partial charge in [-0.25, -0.2) is 13.4 Å². The lowest BCUT2D eigenvalue weighted by Crippen LogP contribution is -2.41. The van der Waals surface area contributed by atoms with Crippen molar-refractivity contribution in [3.63, 3.8) is 0 Å². The smallest absolute Gasteiger partial charge is 0.231 e. The molecule has 0 saturated carbocycles. The first-order chi connectivity index (χ1) is 9.08. The topological polar surface area (TPSA) is 49.4 Å². The summed E-state index contributed by atoms with van der Waals surface area (Å²) in [6.07, 6.45) is 0. The summed E-state index contributed by atoms with van der Waals surface area (Å²) < 4.78 is 24.8. The van der Waals surface area contributed by atoms with Gasteiger partial charge in [-0.15, -0.1) is 4.83 Å². The normalized spacial score (nSPS) is 12.2. The van der Waals surface area contributed by atoms with E-state index >= 15 is 0 Å². The molecule has 19 heavy (non-hydrogen) atoms. The number of nitrogens with one attached hydrogen (secondary N) is 1. The van der Waals surface area contributed by atoms with Gasteiger partial charge >= 0.3 is 0 Å². The highest BCUT2D eigenvalue weighted by molar-refractivity contribution is 7.89. The zero-order valence-corrected chi connectivity index (χ0v) is 11.9. The average molecular weight is 278 g/mol. The maximum absolute atomic E-state index is 12.4. The molecule has 0 radical (unpaired) electrons. The highest BCUT2D eigenvalue weighted by Crippen LogP contribution is 2.22. The molecule has 5 heteroatoms. The second-order valence-electron chi connectivity index (χ2n) is 4.24. The summed E-state index contributed by atoms with van der Waals surface area (Å²) >= 11 is 0. The molecule has 0 heterocycles. The Morgan fingerprint density at radius 2 is 1.63 bits per heavy atom. The first kappa shape index (κ1) is 14.0. The number of sulfonamides is 1. The van der Waals surface area contributed by atoms with E-state index in [1.165, 1.54) is 0 Å². The van der Waals surface area contributed by atoms with Crippen LogP contribution in [0.1, 0.15) is 13.8 Å². The van der Waals surface area contributed by atoms with Crippen molar-refractivity contribution in [2.24, 2.45) is 0 Å². The Labute approximate surface area is 114 Å². The quantitative estimate of drug-likeness (QED) is 0.854. The number of fused-ring (bicyclic) bond motifs is 1. The van der Waals surface area contributed by atoms with Gasteiger partial charge in [0.1, 0.15) is 0 Å². The van der Waals surface area contributed by atoms with Gasteiger partial charge in [-0.05, 0) is 11.5 Å². The number of hydrogen-bond acceptors (Lipinski definition) is 3. The van der Waals surface area contributed by atoms with E-state index in [4.69, 9.17) is 0 Å². The van der Waals surface area contributed by atoms with Gasteiger partial charge in [0.15, 0.2) is 0 Å². The van der Waals surface area contributed by atoms with Gasteiger partial charge in [0.05, 0.1) is 4.90 Å². The van der Waals surface area contributed by atoms with Crippen LogP contribution in [0.2, 0.25) is 0 Å². The van der Waals surface area contributed by atoms with Crippen molar-refractivity contribution in [1.82, 2.24) is 9.84 Å². The van der Waals surface area contributed by atoms with Crippen molar-refractivity contribution in [2.45, 2.75) is 18.7 Å². The second kappa shape index (κ2) is 5.69. The molecule has 1 N–H and O–H groups in total. The monoisotopic (exact) mass is 278 g/mol. The summed E-state index contributed by atoms with van der Waals surface area (Å²) in [5.41, 5.74) is 0. The third-order valence-corrected chi connectivity index (χ3v) is 4.49. The first-order valence-electron chi connectivity index (χ1n) is 6.33. The van der Waals surface area contributed by atoms with Crippen LogP contribution in [0, 0.1) is 0 Å². The fraction of sp³-hybridized carbons (Fsp3) is 0.286. The highest BCUT2D eigenvalue weighted by Gasteiger charge is 2.18. The summed E-state index contributed by atoms with van der Waals surface area (Å²) in [4.78, 5) is 2.92. The Kier molecular flexibility index (Phi) is 4.19. The number of nitrogens with zero attached hydrogens (tertiary/aromatic N) is 1. The van der Waals surface area contributed by atoms with E-state index in [2.05, 4.69) is 4.83 Å². The highest BCUT2D eigenvalue weighted by atomic mass is 32.2. The molecule has 2 aromatic carbocycles. The van der Waals surface area contributed by atoms with Crippen LogP contribution in [0.5, 0.6) is 0 Å². The maximum atomic E-state index is 12.4. The SMILES string of the molecule is CCN(CC)NS(=O)(=O)c1cccc2ccccc12. The summed E-state index contributed by atoms with van der Waals surface area (Å²) in [7, 11) is -3.53. The molecule has 0 aromatic heterocycles. The van der Waals surface area contributed by atoms with Crippen molar-refractivity contribution >= 4 is 20.8 Å². The lowest BCUT2D eigenvalue weighted by Gasteiger charge is -2.19. The first-order valence-corrected chi connectivity index (χ1v) is 7.82. The average Bonchev–Trinajstić information content (AvgIpc) is 2.44. The Morgan fingerprint density at radius 3 is 2.32 bits per heavy atom. The molecular formula is C14H18N2O2S. The Bertz CT molecular complexity index is 659. The third kappa shape index (κ3) is 2.94. The van der Waals surface area contributed by atoms with Crippen LogP contribution in [-0.4, -0.2) is 26.5 Å². The summed E-state index contributed by atoms with van der Waals surface area (Å²) in [6.45, 7) is 5.07. The molecule has 0 bridgehead atoms. The Morgan fingerprint density at radius 1 is 1.00 bits per heavy atom. The van der Waals surface area contributed by atoms with E-state index in [1.54, 1.807) is 17.1 Å². The van der Waals surface area contributed by atoms with E-state index in [-0.39, 0.29) is 0 Å². The van der Waals surface area contributed by atoms with E-state index in [0.29, 0.717) is 18.0 Å². The lowest BCUT2D eigenvalue weighted by atomic mass is 10.1. The zero-order chi connectivity index (χ0) is 13.9. The molecule has 0 aliphatic carbocycles. The van der Waals surface area contributed by atoms with Crippen molar-refractivity contribution in [2.75, 3.05) is 13.1 Å². The lowest BCUT2D eigenvalue weighted by molar-refractivity contribution is 0.268. The molecule has 0 amide bonds. The van der Waals surface area contributed by atoms with E-state index < -0.39 is 10.0 Å². The maximum Gasteiger partial charge on any atom is 0.254 e. The Balaban J connectivity index is 2.49. The van der Waals surface area contributed by atoms with Crippen LogP contribution in [0.15, 0.2) is 47.4 Å². The van der Waals surface area contributed by atoms with Crippen molar-refractivity contribution in [3.05, 3.63) is 42.5 Å². The fourth-order valence-corrected chi connectivity index (χ4v) is 3.43. The minimum atomic E-state index is -3.53. The van der Waals surface area contributed by atoms with Gasteiger partial charge < -0.3 is 0 Å². The van der Waals surface area contributed by atoms with Gasteiger partial charge in [-0.2, -0.15) is 0 Å². The molecule has 4 nitrogen and oxygen atoms in total. The number of hydrazine groups is 1. The molecule has 102 valence electrons. The molecule has 0 atom stereocenters. The largest absolute Gasteiger partial charge is 0.254 e. The molecule has 0 spiro atoms. The molecule has 0 aliphatic rings. The zero-order valence-electron chi connectivity index (χ0n) is 11.1. The van der Waals surface area contributed by atoms with Crippen molar-refractivity contribution in [3.8, 4) is 0 Å². The minimum Gasteiger partial charge on any atom is -0.231 e. The van der Waals surface area contributed by atoms with Gasteiger partial charge in [-0.3, -0.25) is 0 Å². The van der Waals surface area contributed by atoms with Crippen molar-refractivity contribution in [1.29, 1.82) is 0 Å². The van der Waals surface area contributed by atoms with Crippen LogP contribution in [-0.2, 0) is 10.0 Å². The molecule has 0 unspecified atom stereocenters. The standard InChI is InChI=1S/C14H18N2O2S/c1-3-16(4-2)15-19(17,18)14-11-7-9-12-8-5-6-10-13(12)14/h5-11,15H,3-4H2,1-2H3.